The van der Waals surface area contributed by atoms with E-state index < -0.39 is 12.1 Å². The predicted molar refractivity (Wildman–Crippen MR) is 85.8 cm³/mol. The Bertz CT molecular complexity index is 794. The number of hydrogen-bond acceptors (Lipinski definition) is 3. The molecule has 0 saturated carbocycles. The maximum atomic E-state index is 11.4. The van der Waals surface area contributed by atoms with Crippen LogP contribution in [-0.4, -0.2) is 24.3 Å². The van der Waals surface area contributed by atoms with Gasteiger partial charge in [0.05, 0.1) is 13.2 Å². The van der Waals surface area contributed by atoms with Crippen LogP contribution in [0.15, 0.2) is 30.3 Å². The van der Waals surface area contributed by atoms with Gasteiger partial charge in [-0.3, -0.25) is 0 Å². The van der Waals surface area contributed by atoms with Gasteiger partial charge in [0.25, 0.3) is 0 Å². The van der Waals surface area contributed by atoms with Gasteiger partial charge in [-0.25, -0.2) is 4.79 Å². The average Bonchev–Trinajstić information content (AvgIpc) is 3.04. The Labute approximate surface area is 134 Å². The first-order valence-electron chi connectivity index (χ1n) is 7.88. The molecule has 1 unspecified atom stereocenters. The highest BCUT2D eigenvalue weighted by Gasteiger charge is 2.29. The van der Waals surface area contributed by atoms with Gasteiger partial charge in [0.1, 0.15) is 5.75 Å². The Kier molecular flexibility index (Phi) is 3.34. The van der Waals surface area contributed by atoms with Gasteiger partial charge in [-0.1, -0.05) is 24.3 Å². The van der Waals surface area contributed by atoms with E-state index in [1.165, 1.54) is 11.1 Å². The zero-order chi connectivity index (χ0) is 16.0. The molecule has 2 aromatic carbocycles. The quantitative estimate of drug-likeness (QED) is 0.924. The van der Waals surface area contributed by atoms with E-state index in [4.69, 9.17) is 9.47 Å². The number of carboxylic acid groups (broad SMARTS) is 1. The molecule has 0 spiro atoms. The van der Waals surface area contributed by atoms with E-state index in [-0.39, 0.29) is 0 Å². The fraction of sp³-hybridized carbons (Fsp3) is 0.316. The molecule has 0 aromatic heterocycles. The molecule has 2 heterocycles. The molecule has 4 rings (SSSR count). The topological polar surface area (TPSA) is 55.8 Å². The van der Waals surface area contributed by atoms with Crippen molar-refractivity contribution in [3.05, 3.63) is 52.6 Å². The van der Waals surface area contributed by atoms with Crippen LogP contribution in [0.2, 0.25) is 0 Å². The molecule has 2 aliphatic rings. The van der Waals surface area contributed by atoms with Gasteiger partial charge in [0.15, 0.2) is 6.10 Å². The molecule has 23 heavy (non-hydrogen) atoms. The van der Waals surface area contributed by atoms with Crippen LogP contribution < -0.4 is 4.74 Å². The summed E-state index contributed by atoms with van der Waals surface area (Å²) in [6.07, 6.45) is 0.810. The number of benzene rings is 2. The fourth-order valence-electron chi connectivity index (χ4n) is 3.69. The molecule has 0 saturated heterocycles. The Morgan fingerprint density at radius 2 is 1.91 bits per heavy atom. The normalized spacial score (nSPS) is 18.9. The minimum absolute atomic E-state index is 0.439. The van der Waals surface area contributed by atoms with Crippen LogP contribution in [0.3, 0.4) is 0 Å². The van der Waals surface area contributed by atoms with Crippen LogP contribution in [0.1, 0.15) is 28.4 Å². The van der Waals surface area contributed by atoms with E-state index in [1.807, 2.05) is 18.2 Å². The smallest absolute Gasteiger partial charge is 0.337 e. The Balaban J connectivity index is 1.88. The summed E-state index contributed by atoms with van der Waals surface area (Å²) in [6, 6.07) is 9.97. The third-order valence-corrected chi connectivity index (χ3v) is 4.81. The number of carbonyl (C=O) groups is 1. The highest BCUT2D eigenvalue weighted by molar-refractivity contribution is 5.80. The summed E-state index contributed by atoms with van der Waals surface area (Å²) in [4.78, 5) is 11.4. The zero-order valence-electron chi connectivity index (χ0n) is 13.0. The highest BCUT2D eigenvalue weighted by atomic mass is 16.5. The molecule has 2 aromatic rings. The van der Waals surface area contributed by atoms with Crippen molar-refractivity contribution in [3.63, 3.8) is 0 Å². The first kappa shape index (κ1) is 14.3. The summed E-state index contributed by atoms with van der Waals surface area (Å²) < 4.78 is 11.1. The minimum atomic E-state index is -0.929. The number of fused-ring (bicyclic) bond motifs is 2. The number of rotatable bonds is 2. The summed E-state index contributed by atoms with van der Waals surface area (Å²) in [5, 5.41) is 9.39. The van der Waals surface area contributed by atoms with E-state index in [9.17, 15) is 9.90 Å². The number of carboxylic acids is 1. The van der Waals surface area contributed by atoms with Crippen molar-refractivity contribution in [2.45, 2.75) is 25.9 Å². The molecule has 4 nitrogen and oxygen atoms in total. The molecule has 1 N–H and O–H groups in total. The first-order chi connectivity index (χ1) is 11.2. The van der Waals surface area contributed by atoms with Crippen molar-refractivity contribution in [1.29, 1.82) is 0 Å². The van der Waals surface area contributed by atoms with Crippen LogP contribution in [0.5, 0.6) is 5.75 Å². The van der Waals surface area contributed by atoms with Crippen molar-refractivity contribution in [1.82, 2.24) is 0 Å². The van der Waals surface area contributed by atoms with E-state index in [2.05, 4.69) is 19.1 Å². The van der Waals surface area contributed by atoms with E-state index in [0.717, 1.165) is 47.5 Å². The van der Waals surface area contributed by atoms with E-state index in [1.54, 1.807) is 0 Å². The van der Waals surface area contributed by atoms with Gasteiger partial charge in [-0.2, -0.15) is 0 Å². The van der Waals surface area contributed by atoms with Gasteiger partial charge in [-0.05, 0) is 47.2 Å². The third-order valence-electron chi connectivity index (χ3n) is 4.81. The lowest BCUT2D eigenvalue weighted by atomic mass is 9.86. The van der Waals surface area contributed by atoms with Crippen molar-refractivity contribution in [2.24, 2.45) is 0 Å². The summed E-state index contributed by atoms with van der Waals surface area (Å²) in [5.41, 5.74) is 6.64. The SMILES string of the molecule is Cc1c(-c2cccc3c2CCOC3C(=O)O)ccc2c1CCO2. The number of aliphatic carboxylic acids is 1. The highest BCUT2D eigenvalue weighted by Crippen LogP contribution is 2.39. The van der Waals surface area contributed by atoms with E-state index >= 15 is 0 Å². The van der Waals surface area contributed by atoms with Gasteiger partial charge in [0.2, 0.25) is 0 Å². The van der Waals surface area contributed by atoms with Crippen LogP contribution >= 0.6 is 0 Å². The lowest BCUT2D eigenvalue weighted by Crippen LogP contribution is -2.23. The molecule has 0 amide bonds. The zero-order valence-corrected chi connectivity index (χ0v) is 13.0. The Morgan fingerprint density at radius 1 is 1.09 bits per heavy atom. The van der Waals surface area contributed by atoms with Crippen LogP contribution in [0.4, 0.5) is 0 Å². The second kappa shape index (κ2) is 5.39. The van der Waals surface area contributed by atoms with Gasteiger partial charge < -0.3 is 14.6 Å². The lowest BCUT2D eigenvalue weighted by Gasteiger charge is -2.26. The number of hydrogen-bond donors (Lipinski definition) is 1. The summed E-state index contributed by atoms with van der Waals surface area (Å²) in [7, 11) is 0. The molecular formula is C19H18O4. The van der Waals surface area contributed by atoms with Crippen molar-refractivity contribution in [3.8, 4) is 16.9 Å². The minimum Gasteiger partial charge on any atom is -0.493 e. The molecular weight excluding hydrogens is 292 g/mol. The first-order valence-corrected chi connectivity index (χ1v) is 7.88. The maximum Gasteiger partial charge on any atom is 0.337 e. The lowest BCUT2D eigenvalue weighted by molar-refractivity contribution is -0.151. The summed E-state index contributed by atoms with van der Waals surface area (Å²) in [5.74, 6) is 0.0463. The molecule has 0 fully saturated rings. The number of ether oxygens (including phenoxy) is 2. The van der Waals surface area contributed by atoms with Crippen LogP contribution in [0.25, 0.3) is 11.1 Å². The largest absolute Gasteiger partial charge is 0.493 e. The molecule has 2 aliphatic heterocycles. The Morgan fingerprint density at radius 3 is 2.74 bits per heavy atom. The van der Waals surface area contributed by atoms with Crippen LogP contribution in [-0.2, 0) is 22.4 Å². The fourth-order valence-corrected chi connectivity index (χ4v) is 3.69. The second-order valence-corrected chi connectivity index (χ2v) is 6.03. The second-order valence-electron chi connectivity index (χ2n) is 6.03. The molecule has 0 bridgehead atoms. The van der Waals surface area contributed by atoms with E-state index in [0.29, 0.717) is 6.61 Å². The average molecular weight is 310 g/mol. The van der Waals surface area contributed by atoms with Gasteiger partial charge in [0, 0.05) is 12.0 Å². The maximum absolute atomic E-state index is 11.4. The predicted octanol–water partition coefficient (Wildman–Crippen LogP) is 3.30. The monoisotopic (exact) mass is 310 g/mol. The van der Waals surface area contributed by atoms with Crippen molar-refractivity contribution in [2.75, 3.05) is 13.2 Å². The van der Waals surface area contributed by atoms with Crippen LogP contribution in [0, 0.1) is 6.92 Å². The molecule has 118 valence electrons. The molecule has 4 heteroatoms. The Hall–Kier alpha value is -2.33. The summed E-state index contributed by atoms with van der Waals surface area (Å²) >= 11 is 0. The van der Waals surface area contributed by atoms with Crippen molar-refractivity contribution < 1.29 is 19.4 Å². The van der Waals surface area contributed by atoms with Gasteiger partial charge >= 0.3 is 5.97 Å². The summed E-state index contributed by atoms with van der Waals surface area (Å²) in [6.45, 7) is 3.30. The molecule has 0 radical (unpaired) electrons. The van der Waals surface area contributed by atoms with Crippen molar-refractivity contribution >= 4 is 5.97 Å². The molecule has 1 atom stereocenters. The van der Waals surface area contributed by atoms with Gasteiger partial charge in [-0.15, -0.1) is 0 Å². The third kappa shape index (κ3) is 2.21. The molecule has 0 aliphatic carbocycles. The standard InChI is InChI=1S/C19H18O4/c1-11-12(5-6-17-13(11)7-9-22-17)14-3-2-4-16-15(14)8-10-23-18(16)19(20)21/h2-6,18H,7-10H2,1H3,(H,20,21).